The van der Waals surface area contributed by atoms with Gasteiger partial charge in [-0.15, -0.1) is 0 Å². The molecular formula is C8H10N2O4S. The second-order valence-electron chi connectivity index (χ2n) is 2.67. The van der Waals surface area contributed by atoms with E-state index < -0.39 is 10.0 Å². The van der Waals surface area contributed by atoms with Gasteiger partial charge < -0.3 is 10.1 Å². The first-order valence-corrected chi connectivity index (χ1v) is 5.44. The lowest BCUT2D eigenvalue weighted by Gasteiger charge is -2.07. The maximum Gasteiger partial charge on any atom is 0.241 e. The van der Waals surface area contributed by atoms with Crippen LogP contribution < -0.4 is 15.2 Å². The molecule has 1 amide bonds. The smallest absolute Gasteiger partial charge is 0.241 e. The summed E-state index contributed by atoms with van der Waals surface area (Å²) in [6.07, 6.45) is 0.439. The Balaban J connectivity index is 3.32. The summed E-state index contributed by atoms with van der Waals surface area (Å²) in [5.41, 5.74) is 0.329. The molecule has 0 saturated carbocycles. The number of rotatable bonds is 4. The van der Waals surface area contributed by atoms with E-state index in [-0.39, 0.29) is 10.6 Å². The fourth-order valence-electron chi connectivity index (χ4n) is 1.06. The molecule has 0 aliphatic carbocycles. The molecule has 1 rings (SSSR count). The fourth-order valence-corrected chi connectivity index (χ4v) is 1.78. The average Bonchev–Trinajstić information content (AvgIpc) is 2.17. The molecule has 0 radical (unpaired) electrons. The highest BCUT2D eigenvalue weighted by Gasteiger charge is 2.15. The molecule has 1 aromatic carbocycles. The number of amides is 1. The molecule has 15 heavy (non-hydrogen) atoms. The Hall–Kier alpha value is -1.60. The second kappa shape index (κ2) is 4.28. The highest BCUT2D eigenvalue weighted by Crippen LogP contribution is 2.25. The first-order valence-electron chi connectivity index (χ1n) is 3.90. The van der Waals surface area contributed by atoms with E-state index in [1.165, 1.54) is 25.3 Å². The number of ether oxygens (including phenoxy) is 1. The predicted molar refractivity (Wildman–Crippen MR) is 54.1 cm³/mol. The van der Waals surface area contributed by atoms with Gasteiger partial charge in [0.1, 0.15) is 10.6 Å². The van der Waals surface area contributed by atoms with Crippen molar-refractivity contribution in [1.82, 2.24) is 0 Å². The topological polar surface area (TPSA) is 98.5 Å². The van der Waals surface area contributed by atoms with Crippen molar-refractivity contribution in [2.45, 2.75) is 4.90 Å². The van der Waals surface area contributed by atoms with Crippen LogP contribution in [0.25, 0.3) is 0 Å². The molecule has 0 aliphatic heterocycles. The number of carbonyl (C=O) groups excluding carboxylic acids is 1. The van der Waals surface area contributed by atoms with Gasteiger partial charge in [-0.1, -0.05) is 0 Å². The lowest BCUT2D eigenvalue weighted by Crippen LogP contribution is -2.13. The van der Waals surface area contributed by atoms with E-state index in [0.717, 1.165) is 0 Å². The molecule has 82 valence electrons. The van der Waals surface area contributed by atoms with Gasteiger partial charge in [0.2, 0.25) is 16.4 Å². The van der Waals surface area contributed by atoms with Crippen LogP contribution in [-0.2, 0) is 14.8 Å². The maximum atomic E-state index is 11.2. The van der Waals surface area contributed by atoms with Crippen LogP contribution in [-0.4, -0.2) is 21.9 Å². The van der Waals surface area contributed by atoms with Crippen LogP contribution in [0.15, 0.2) is 23.1 Å². The number of hydrogen-bond donors (Lipinski definition) is 2. The van der Waals surface area contributed by atoms with Crippen LogP contribution in [0.3, 0.4) is 0 Å². The van der Waals surface area contributed by atoms with Crippen molar-refractivity contribution in [1.29, 1.82) is 0 Å². The molecular weight excluding hydrogens is 220 g/mol. The molecule has 0 bridgehead atoms. The summed E-state index contributed by atoms with van der Waals surface area (Å²) in [6.45, 7) is 0. The molecule has 0 heterocycles. The lowest BCUT2D eigenvalue weighted by molar-refractivity contribution is -0.105. The van der Waals surface area contributed by atoms with Crippen molar-refractivity contribution in [3.05, 3.63) is 18.2 Å². The average molecular weight is 230 g/mol. The summed E-state index contributed by atoms with van der Waals surface area (Å²) >= 11 is 0. The number of methoxy groups -OCH3 is 1. The number of hydrogen-bond acceptors (Lipinski definition) is 4. The maximum absolute atomic E-state index is 11.2. The van der Waals surface area contributed by atoms with Gasteiger partial charge in [-0.2, -0.15) is 0 Å². The molecule has 0 atom stereocenters. The highest BCUT2D eigenvalue weighted by molar-refractivity contribution is 7.89. The lowest BCUT2D eigenvalue weighted by atomic mass is 10.3. The number of sulfonamides is 1. The Bertz CT molecular complexity index is 470. The van der Waals surface area contributed by atoms with E-state index in [9.17, 15) is 13.2 Å². The normalized spacial score (nSPS) is 10.8. The van der Waals surface area contributed by atoms with Crippen molar-refractivity contribution in [2.24, 2.45) is 5.14 Å². The first-order chi connectivity index (χ1) is 6.99. The molecule has 6 nitrogen and oxygen atoms in total. The molecule has 1 aromatic rings. The van der Waals surface area contributed by atoms with E-state index in [1.54, 1.807) is 0 Å². The molecule has 7 heteroatoms. The van der Waals surface area contributed by atoms with E-state index in [1.807, 2.05) is 0 Å². The van der Waals surface area contributed by atoms with E-state index in [0.29, 0.717) is 12.1 Å². The summed E-state index contributed by atoms with van der Waals surface area (Å²) in [7, 11) is -2.54. The van der Waals surface area contributed by atoms with Gasteiger partial charge in [0.05, 0.1) is 7.11 Å². The molecule has 3 N–H and O–H groups in total. The zero-order chi connectivity index (χ0) is 11.5. The third-order valence-electron chi connectivity index (χ3n) is 1.70. The number of carbonyl (C=O) groups is 1. The van der Waals surface area contributed by atoms with Crippen molar-refractivity contribution < 1.29 is 17.9 Å². The van der Waals surface area contributed by atoms with Gasteiger partial charge in [0.15, 0.2) is 0 Å². The molecule has 0 fully saturated rings. The molecule has 0 aliphatic rings. The Kier molecular flexibility index (Phi) is 3.28. The standard InChI is InChI=1S/C8H10N2O4S/c1-14-7-3-2-6(10-5-11)4-8(7)15(9,12)13/h2-5H,1H3,(H,10,11)(H2,9,12,13). The fraction of sp³-hybridized carbons (Fsp3) is 0.125. The van der Waals surface area contributed by atoms with Crippen LogP contribution in [0, 0.1) is 0 Å². The van der Waals surface area contributed by atoms with Crippen LogP contribution in [0.1, 0.15) is 0 Å². The van der Waals surface area contributed by atoms with Crippen LogP contribution in [0.5, 0.6) is 5.75 Å². The minimum absolute atomic E-state index is 0.133. The van der Waals surface area contributed by atoms with Crippen LogP contribution in [0.2, 0.25) is 0 Å². The largest absolute Gasteiger partial charge is 0.495 e. The van der Waals surface area contributed by atoms with Gasteiger partial charge in [-0.3, -0.25) is 4.79 Å². The third-order valence-corrected chi connectivity index (χ3v) is 2.63. The summed E-state index contributed by atoms with van der Waals surface area (Å²) in [5, 5.41) is 7.29. The van der Waals surface area contributed by atoms with E-state index in [2.05, 4.69) is 5.32 Å². The first kappa shape index (κ1) is 11.5. The van der Waals surface area contributed by atoms with Crippen molar-refractivity contribution >= 4 is 22.1 Å². The Morgan fingerprint density at radius 1 is 1.47 bits per heavy atom. The summed E-state index contributed by atoms with van der Waals surface area (Å²) in [6, 6.07) is 4.13. The summed E-state index contributed by atoms with van der Waals surface area (Å²) in [5.74, 6) is 0.133. The SMILES string of the molecule is COc1ccc(NC=O)cc1S(N)(=O)=O. The van der Waals surface area contributed by atoms with Gasteiger partial charge in [0, 0.05) is 5.69 Å². The Labute approximate surface area is 87.1 Å². The number of anilines is 1. The van der Waals surface area contributed by atoms with Crippen LogP contribution >= 0.6 is 0 Å². The monoisotopic (exact) mass is 230 g/mol. The van der Waals surface area contributed by atoms with Gasteiger partial charge in [-0.05, 0) is 18.2 Å². The third kappa shape index (κ3) is 2.67. The van der Waals surface area contributed by atoms with Crippen LogP contribution in [0.4, 0.5) is 5.69 Å². The zero-order valence-corrected chi connectivity index (χ0v) is 8.74. The van der Waals surface area contributed by atoms with E-state index in [4.69, 9.17) is 9.88 Å². The number of benzene rings is 1. The summed E-state index contributed by atoms with van der Waals surface area (Å²) in [4.78, 5) is 10.00. The highest BCUT2D eigenvalue weighted by atomic mass is 32.2. The quantitative estimate of drug-likeness (QED) is 0.706. The van der Waals surface area contributed by atoms with Crippen molar-refractivity contribution in [2.75, 3.05) is 12.4 Å². The van der Waals surface area contributed by atoms with Crippen molar-refractivity contribution in [3.63, 3.8) is 0 Å². The summed E-state index contributed by atoms with van der Waals surface area (Å²) < 4.78 is 27.1. The van der Waals surface area contributed by atoms with Gasteiger partial charge >= 0.3 is 0 Å². The van der Waals surface area contributed by atoms with Gasteiger partial charge in [-0.25, -0.2) is 13.6 Å². The second-order valence-corrected chi connectivity index (χ2v) is 4.20. The van der Waals surface area contributed by atoms with Gasteiger partial charge in [0.25, 0.3) is 0 Å². The van der Waals surface area contributed by atoms with Crippen molar-refractivity contribution in [3.8, 4) is 5.75 Å². The minimum atomic E-state index is -3.87. The number of nitrogens with one attached hydrogen (secondary N) is 1. The Morgan fingerprint density at radius 2 is 2.13 bits per heavy atom. The molecule has 0 unspecified atom stereocenters. The predicted octanol–water partition coefficient (Wildman–Crippen LogP) is -0.0891. The Morgan fingerprint density at radius 3 is 2.60 bits per heavy atom. The number of primary sulfonamides is 1. The number of nitrogens with two attached hydrogens (primary N) is 1. The minimum Gasteiger partial charge on any atom is -0.495 e. The molecule has 0 aromatic heterocycles. The molecule has 0 spiro atoms. The zero-order valence-electron chi connectivity index (χ0n) is 7.93. The molecule has 0 saturated heterocycles. The van der Waals surface area contributed by atoms with E-state index >= 15 is 0 Å².